The number of aromatic nitrogens is 4. The van der Waals surface area contributed by atoms with Gasteiger partial charge in [0.15, 0.2) is 5.82 Å². The van der Waals surface area contributed by atoms with Crippen molar-refractivity contribution in [3.05, 3.63) is 30.6 Å². The summed E-state index contributed by atoms with van der Waals surface area (Å²) in [6.07, 6.45) is 2.50. The minimum atomic E-state index is -3.14. The second kappa shape index (κ2) is 11.2. The number of likely N-dealkylation sites (N-methyl/N-ethyl adjacent to an activating group) is 1. The number of anilines is 2. The van der Waals surface area contributed by atoms with Crippen LogP contribution in [0.25, 0.3) is 0 Å². The van der Waals surface area contributed by atoms with E-state index in [2.05, 4.69) is 42.6 Å². The van der Waals surface area contributed by atoms with Gasteiger partial charge in [0.2, 0.25) is 11.8 Å². The number of halogens is 2. The number of likely N-dealkylation sites (tertiary alicyclic amines) is 1. The molecule has 14 heteroatoms. The van der Waals surface area contributed by atoms with Crippen LogP contribution < -0.4 is 20.3 Å². The standard InChI is InChI=1S/C23H31F2N9O3/c1-15-13-32(2)11-7-16(15)28-22(36)37-19-6-10-26-20(30-19)34-12-8-23(24,25)17(14-34)33(3)21(35)29-18-5-4-9-27-31-18/h4-6,9-10,15-17H,7-8,11-14H2,1-3H3,(H,28,36)(H,29,31,35)/t15-,16+,17-/m0/s1. The van der Waals surface area contributed by atoms with Gasteiger partial charge in [-0.05, 0) is 38.1 Å². The third kappa shape index (κ3) is 6.56. The molecule has 0 unspecified atom stereocenters. The lowest BCUT2D eigenvalue weighted by molar-refractivity contribution is -0.0760. The van der Waals surface area contributed by atoms with Crippen molar-refractivity contribution in [1.82, 2.24) is 35.3 Å². The minimum Gasteiger partial charge on any atom is -0.391 e. The Labute approximate surface area is 213 Å². The average Bonchev–Trinajstić information content (AvgIpc) is 2.86. The molecule has 2 fully saturated rings. The van der Waals surface area contributed by atoms with Gasteiger partial charge in [-0.2, -0.15) is 10.1 Å². The smallest absolute Gasteiger partial charge is 0.391 e. The maximum Gasteiger partial charge on any atom is 0.414 e. The molecule has 0 bridgehead atoms. The predicted molar refractivity (Wildman–Crippen MR) is 131 cm³/mol. The maximum atomic E-state index is 14.8. The van der Waals surface area contributed by atoms with E-state index in [9.17, 15) is 18.4 Å². The topological polar surface area (TPSA) is 129 Å². The highest BCUT2D eigenvalue weighted by atomic mass is 19.3. The number of ether oxygens (including phenoxy) is 1. The van der Waals surface area contributed by atoms with Gasteiger partial charge in [0.05, 0.1) is 0 Å². The minimum absolute atomic E-state index is 0.00529. The first-order valence-corrected chi connectivity index (χ1v) is 12.1. The molecule has 4 heterocycles. The van der Waals surface area contributed by atoms with Crippen LogP contribution in [0.3, 0.4) is 0 Å². The number of hydrogen-bond acceptors (Lipinski definition) is 9. The monoisotopic (exact) mass is 519 g/mol. The molecule has 2 N–H and O–H groups in total. The summed E-state index contributed by atoms with van der Waals surface area (Å²) < 4.78 is 35.0. The molecule has 3 atom stereocenters. The Bertz CT molecular complexity index is 1090. The molecule has 2 aromatic heterocycles. The molecule has 12 nitrogen and oxygen atoms in total. The number of nitrogens with zero attached hydrogens (tertiary/aromatic N) is 7. The summed E-state index contributed by atoms with van der Waals surface area (Å²) in [5, 5.41) is 12.8. The molecule has 37 heavy (non-hydrogen) atoms. The average molecular weight is 520 g/mol. The number of amides is 3. The fraction of sp³-hybridized carbons (Fsp3) is 0.565. The molecule has 0 aromatic carbocycles. The van der Waals surface area contributed by atoms with Crippen LogP contribution in [-0.4, -0.2) is 100 Å². The summed E-state index contributed by atoms with van der Waals surface area (Å²) in [5.41, 5.74) is 0. The van der Waals surface area contributed by atoms with Crippen LogP contribution in [0, 0.1) is 5.92 Å². The highest BCUT2D eigenvalue weighted by Gasteiger charge is 2.48. The van der Waals surface area contributed by atoms with Gasteiger partial charge in [-0.25, -0.2) is 23.4 Å². The summed E-state index contributed by atoms with van der Waals surface area (Å²) in [6.45, 7) is 3.55. The number of carbonyl (C=O) groups is 2. The van der Waals surface area contributed by atoms with Crippen LogP contribution in [-0.2, 0) is 0 Å². The fourth-order valence-electron chi connectivity index (χ4n) is 4.57. The molecule has 0 saturated carbocycles. The molecule has 2 aliphatic heterocycles. The Morgan fingerprint density at radius 1 is 1.22 bits per heavy atom. The second-order valence-electron chi connectivity index (χ2n) is 9.49. The Hall–Kier alpha value is -3.68. The highest BCUT2D eigenvalue weighted by molar-refractivity contribution is 5.88. The van der Waals surface area contributed by atoms with Crippen LogP contribution in [0.2, 0.25) is 0 Å². The van der Waals surface area contributed by atoms with Crippen LogP contribution in [0.1, 0.15) is 19.8 Å². The van der Waals surface area contributed by atoms with E-state index in [0.717, 1.165) is 24.4 Å². The lowest BCUT2D eigenvalue weighted by atomic mass is 9.94. The number of carbonyl (C=O) groups excluding carboxylic acids is 2. The summed E-state index contributed by atoms with van der Waals surface area (Å²) in [6, 6.07) is 2.29. The molecule has 2 aromatic rings. The number of rotatable bonds is 5. The van der Waals surface area contributed by atoms with Crippen molar-refractivity contribution in [1.29, 1.82) is 0 Å². The van der Waals surface area contributed by atoms with Crippen molar-refractivity contribution < 1.29 is 23.1 Å². The van der Waals surface area contributed by atoms with Crippen LogP contribution in [0.5, 0.6) is 5.88 Å². The molecule has 0 spiro atoms. The van der Waals surface area contributed by atoms with Crippen molar-refractivity contribution in [3.8, 4) is 5.88 Å². The van der Waals surface area contributed by atoms with E-state index in [0.29, 0.717) is 0 Å². The quantitative estimate of drug-likeness (QED) is 0.610. The number of alkyl halides is 2. The molecule has 0 radical (unpaired) electrons. The Morgan fingerprint density at radius 2 is 2.03 bits per heavy atom. The number of piperidine rings is 2. The van der Waals surface area contributed by atoms with E-state index in [-0.39, 0.29) is 42.7 Å². The zero-order chi connectivity index (χ0) is 26.6. The molecule has 3 amide bonds. The van der Waals surface area contributed by atoms with Gasteiger partial charge < -0.3 is 24.8 Å². The zero-order valence-corrected chi connectivity index (χ0v) is 21.0. The van der Waals surface area contributed by atoms with Gasteiger partial charge in [0.1, 0.15) is 6.04 Å². The first-order valence-electron chi connectivity index (χ1n) is 12.1. The third-order valence-corrected chi connectivity index (χ3v) is 6.70. The van der Waals surface area contributed by atoms with Gasteiger partial charge in [-0.3, -0.25) is 5.32 Å². The van der Waals surface area contributed by atoms with Crippen molar-refractivity contribution in [3.63, 3.8) is 0 Å². The van der Waals surface area contributed by atoms with Crippen molar-refractivity contribution in [2.24, 2.45) is 5.92 Å². The third-order valence-electron chi connectivity index (χ3n) is 6.70. The number of hydrogen-bond donors (Lipinski definition) is 2. The van der Waals surface area contributed by atoms with Gasteiger partial charge in [-0.1, -0.05) is 6.92 Å². The normalized spacial score (nSPS) is 23.7. The van der Waals surface area contributed by atoms with E-state index in [4.69, 9.17) is 4.74 Å². The molecule has 2 saturated heterocycles. The van der Waals surface area contributed by atoms with Crippen LogP contribution in [0.15, 0.2) is 30.6 Å². The first-order chi connectivity index (χ1) is 17.6. The number of urea groups is 1. The fourth-order valence-corrected chi connectivity index (χ4v) is 4.57. The molecule has 2 aliphatic rings. The predicted octanol–water partition coefficient (Wildman–Crippen LogP) is 2.07. The lowest BCUT2D eigenvalue weighted by Crippen LogP contribution is -2.60. The molecular weight excluding hydrogens is 488 g/mol. The highest BCUT2D eigenvalue weighted by Crippen LogP contribution is 2.33. The largest absolute Gasteiger partial charge is 0.414 e. The van der Waals surface area contributed by atoms with Gasteiger partial charge >= 0.3 is 12.1 Å². The van der Waals surface area contributed by atoms with Crippen molar-refractivity contribution in [2.45, 2.75) is 37.8 Å². The van der Waals surface area contributed by atoms with Crippen molar-refractivity contribution in [2.75, 3.05) is 50.5 Å². The Morgan fingerprint density at radius 3 is 2.76 bits per heavy atom. The van der Waals surface area contributed by atoms with Crippen molar-refractivity contribution >= 4 is 23.9 Å². The first kappa shape index (κ1) is 26.4. The van der Waals surface area contributed by atoms with E-state index in [1.807, 2.05) is 7.05 Å². The van der Waals surface area contributed by atoms with E-state index < -0.39 is 30.5 Å². The summed E-state index contributed by atoms with van der Waals surface area (Å²) in [4.78, 5) is 38.2. The van der Waals surface area contributed by atoms with E-state index in [1.54, 1.807) is 6.07 Å². The zero-order valence-electron chi connectivity index (χ0n) is 21.0. The summed E-state index contributed by atoms with van der Waals surface area (Å²) in [7, 11) is 3.33. The molecule has 200 valence electrons. The Kier molecular flexibility index (Phi) is 7.95. The van der Waals surface area contributed by atoms with Gasteiger partial charge in [0, 0.05) is 57.6 Å². The van der Waals surface area contributed by atoms with Crippen LogP contribution >= 0.6 is 0 Å². The summed E-state index contributed by atoms with van der Waals surface area (Å²) >= 11 is 0. The Balaban J connectivity index is 1.39. The van der Waals surface area contributed by atoms with Crippen LogP contribution in [0.4, 0.5) is 30.1 Å². The molecule has 4 rings (SSSR count). The van der Waals surface area contributed by atoms with E-state index >= 15 is 0 Å². The lowest BCUT2D eigenvalue weighted by Gasteiger charge is -2.42. The van der Waals surface area contributed by atoms with Gasteiger partial charge in [0.25, 0.3) is 5.92 Å². The second-order valence-corrected chi connectivity index (χ2v) is 9.49. The number of nitrogens with one attached hydrogen (secondary N) is 2. The van der Waals surface area contributed by atoms with Gasteiger partial charge in [-0.15, -0.1) is 5.10 Å². The summed E-state index contributed by atoms with van der Waals surface area (Å²) in [5.74, 6) is -2.59. The SMILES string of the molecule is C[C@H]1CN(C)CC[C@H]1NC(=O)Oc1ccnc(N2CCC(F)(F)[C@@H](N(C)C(=O)Nc3cccnn3)C2)n1. The molecular formula is C23H31F2N9O3. The van der Waals surface area contributed by atoms with E-state index in [1.165, 1.54) is 36.5 Å². The maximum absolute atomic E-state index is 14.8. The molecule has 0 aliphatic carbocycles.